The van der Waals surface area contributed by atoms with Crippen molar-refractivity contribution < 1.29 is 5.11 Å². The fourth-order valence-corrected chi connectivity index (χ4v) is 3.08. The monoisotopic (exact) mass is 203 g/mol. The number of fused-ring (bicyclic) bond motifs is 1. The minimum atomic E-state index is 0.263. The van der Waals surface area contributed by atoms with Crippen LogP contribution in [0.25, 0.3) is 0 Å². The van der Waals surface area contributed by atoms with Crippen molar-refractivity contribution >= 4 is 5.69 Å². The first-order valence-electron chi connectivity index (χ1n) is 5.88. The summed E-state index contributed by atoms with van der Waals surface area (Å²) in [5.41, 5.74) is 2.54. The van der Waals surface area contributed by atoms with Crippen LogP contribution in [0, 0.1) is 0 Å². The number of phenolic OH excluding ortho intramolecular Hbond substituents is 1. The second-order valence-electron chi connectivity index (χ2n) is 4.95. The van der Waals surface area contributed by atoms with E-state index in [1.165, 1.54) is 32.1 Å². The largest absolute Gasteiger partial charge is 0.508 e. The molecule has 0 radical (unpaired) electrons. The third kappa shape index (κ3) is 1.39. The van der Waals surface area contributed by atoms with E-state index in [1.54, 1.807) is 6.07 Å². The Hall–Kier alpha value is -1.18. The molecule has 0 aromatic heterocycles. The van der Waals surface area contributed by atoms with Crippen LogP contribution < -0.4 is 5.32 Å². The van der Waals surface area contributed by atoms with Crippen LogP contribution in [0.4, 0.5) is 5.69 Å². The highest BCUT2D eigenvalue weighted by atomic mass is 16.3. The Labute approximate surface area is 90.3 Å². The Morgan fingerprint density at radius 3 is 2.67 bits per heavy atom. The van der Waals surface area contributed by atoms with E-state index in [2.05, 4.69) is 11.4 Å². The van der Waals surface area contributed by atoms with E-state index >= 15 is 0 Å². The summed E-state index contributed by atoms with van der Waals surface area (Å²) in [6.07, 6.45) is 7.52. The van der Waals surface area contributed by atoms with Gasteiger partial charge in [-0.25, -0.2) is 0 Å². The normalized spacial score (nSPS) is 22.4. The van der Waals surface area contributed by atoms with Crippen molar-refractivity contribution in [3.05, 3.63) is 23.8 Å². The summed E-state index contributed by atoms with van der Waals surface area (Å²) in [6.45, 7) is 0. The number of nitrogens with one attached hydrogen (secondary N) is 1. The number of benzene rings is 1. The molecule has 2 nitrogen and oxygen atoms in total. The van der Waals surface area contributed by atoms with Gasteiger partial charge in [-0.2, -0.15) is 0 Å². The van der Waals surface area contributed by atoms with E-state index in [0.717, 1.165) is 17.7 Å². The van der Waals surface area contributed by atoms with Gasteiger partial charge in [0.25, 0.3) is 0 Å². The maximum atomic E-state index is 9.81. The molecule has 2 heteroatoms. The van der Waals surface area contributed by atoms with Gasteiger partial charge in [0.1, 0.15) is 5.75 Å². The third-order valence-electron chi connectivity index (χ3n) is 3.88. The summed E-state index contributed by atoms with van der Waals surface area (Å²) in [6, 6.07) is 5.80. The average Bonchev–Trinajstić information content (AvgIpc) is 2.59. The summed E-state index contributed by atoms with van der Waals surface area (Å²) < 4.78 is 0. The van der Waals surface area contributed by atoms with E-state index in [4.69, 9.17) is 0 Å². The van der Waals surface area contributed by atoms with Crippen molar-refractivity contribution in [2.45, 2.75) is 44.1 Å². The SMILES string of the molecule is Oc1cccc2c1CC1(CCCCC1)N2. The predicted molar refractivity (Wildman–Crippen MR) is 61.2 cm³/mol. The lowest BCUT2D eigenvalue weighted by Crippen LogP contribution is -2.38. The van der Waals surface area contributed by atoms with Crippen LogP contribution >= 0.6 is 0 Å². The lowest BCUT2D eigenvalue weighted by Gasteiger charge is -2.34. The van der Waals surface area contributed by atoms with E-state index in [9.17, 15) is 5.11 Å². The van der Waals surface area contributed by atoms with E-state index < -0.39 is 0 Å². The van der Waals surface area contributed by atoms with Crippen LogP contribution in [0.3, 0.4) is 0 Å². The molecule has 1 aliphatic carbocycles. The zero-order valence-electron chi connectivity index (χ0n) is 8.92. The highest BCUT2D eigenvalue weighted by Gasteiger charge is 2.38. The second-order valence-corrected chi connectivity index (χ2v) is 4.95. The van der Waals surface area contributed by atoms with Gasteiger partial charge in [-0.15, -0.1) is 0 Å². The summed E-state index contributed by atoms with van der Waals surface area (Å²) in [5.74, 6) is 0.461. The van der Waals surface area contributed by atoms with E-state index in [0.29, 0.717) is 5.75 Å². The zero-order chi connectivity index (χ0) is 10.3. The van der Waals surface area contributed by atoms with Crippen molar-refractivity contribution in [1.29, 1.82) is 0 Å². The van der Waals surface area contributed by atoms with Gasteiger partial charge in [-0.05, 0) is 25.0 Å². The fraction of sp³-hybridized carbons (Fsp3) is 0.538. The summed E-state index contributed by atoms with van der Waals surface area (Å²) in [4.78, 5) is 0. The van der Waals surface area contributed by atoms with E-state index in [1.807, 2.05) is 6.07 Å². The molecule has 0 amide bonds. The Kier molecular flexibility index (Phi) is 1.91. The van der Waals surface area contributed by atoms with Gasteiger partial charge in [0.05, 0.1) is 0 Å². The molecule has 1 saturated carbocycles. The molecule has 1 aliphatic heterocycles. The minimum Gasteiger partial charge on any atom is -0.508 e. The number of hydrogen-bond acceptors (Lipinski definition) is 2. The Balaban J connectivity index is 1.94. The number of hydrogen-bond donors (Lipinski definition) is 2. The van der Waals surface area contributed by atoms with Crippen molar-refractivity contribution in [3.63, 3.8) is 0 Å². The molecule has 80 valence electrons. The summed E-state index contributed by atoms with van der Waals surface area (Å²) in [7, 11) is 0. The Morgan fingerprint density at radius 1 is 1.13 bits per heavy atom. The fourth-order valence-electron chi connectivity index (χ4n) is 3.08. The quantitative estimate of drug-likeness (QED) is 0.679. The number of anilines is 1. The molecule has 3 rings (SSSR count). The average molecular weight is 203 g/mol. The van der Waals surface area contributed by atoms with Gasteiger partial charge in [0.15, 0.2) is 0 Å². The predicted octanol–water partition coefficient (Wildman–Crippen LogP) is 3.06. The molecule has 0 saturated heterocycles. The molecular weight excluding hydrogens is 186 g/mol. The van der Waals surface area contributed by atoms with Gasteiger partial charge in [0.2, 0.25) is 0 Å². The number of phenols is 1. The summed E-state index contributed by atoms with van der Waals surface area (Å²) >= 11 is 0. The molecular formula is C13H17NO. The summed E-state index contributed by atoms with van der Waals surface area (Å²) in [5, 5.41) is 13.4. The molecule has 1 aromatic carbocycles. The topological polar surface area (TPSA) is 32.3 Å². The molecule has 2 aliphatic rings. The highest BCUT2D eigenvalue weighted by molar-refractivity contribution is 5.63. The van der Waals surface area contributed by atoms with Crippen LogP contribution in [0.15, 0.2) is 18.2 Å². The third-order valence-corrected chi connectivity index (χ3v) is 3.88. The van der Waals surface area contributed by atoms with Gasteiger partial charge in [-0.1, -0.05) is 25.3 Å². The lowest BCUT2D eigenvalue weighted by atomic mass is 9.80. The first-order valence-corrected chi connectivity index (χ1v) is 5.88. The van der Waals surface area contributed by atoms with Crippen molar-refractivity contribution in [1.82, 2.24) is 0 Å². The Morgan fingerprint density at radius 2 is 1.93 bits per heavy atom. The standard InChI is InChI=1S/C13H17NO/c15-12-6-4-5-11-10(12)9-13(14-11)7-2-1-3-8-13/h4-6,14-15H,1-3,7-9H2. The smallest absolute Gasteiger partial charge is 0.120 e. The van der Waals surface area contributed by atoms with Crippen molar-refractivity contribution in [3.8, 4) is 5.75 Å². The molecule has 15 heavy (non-hydrogen) atoms. The van der Waals surface area contributed by atoms with Crippen molar-refractivity contribution in [2.75, 3.05) is 5.32 Å². The molecule has 0 atom stereocenters. The maximum absolute atomic E-state index is 9.81. The number of rotatable bonds is 0. The van der Waals surface area contributed by atoms with Crippen LogP contribution in [-0.4, -0.2) is 10.6 Å². The van der Waals surface area contributed by atoms with Crippen LogP contribution in [0.5, 0.6) is 5.75 Å². The molecule has 2 N–H and O–H groups in total. The molecule has 1 fully saturated rings. The van der Waals surface area contributed by atoms with Gasteiger partial charge in [-0.3, -0.25) is 0 Å². The Bertz CT molecular complexity index is 380. The first-order chi connectivity index (χ1) is 7.29. The van der Waals surface area contributed by atoms with Crippen LogP contribution in [0.2, 0.25) is 0 Å². The number of aromatic hydroxyl groups is 1. The second kappa shape index (κ2) is 3.16. The maximum Gasteiger partial charge on any atom is 0.120 e. The zero-order valence-corrected chi connectivity index (χ0v) is 8.92. The first kappa shape index (κ1) is 9.08. The molecule has 1 heterocycles. The molecule has 0 bridgehead atoms. The van der Waals surface area contributed by atoms with Gasteiger partial charge >= 0.3 is 0 Å². The molecule has 1 aromatic rings. The minimum absolute atomic E-state index is 0.263. The molecule has 1 spiro atoms. The van der Waals surface area contributed by atoms with Gasteiger partial charge in [0, 0.05) is 23.2 Å². The lowest BCUT2D eigenvalue weighted by molar-refractivity contribution is 0.330. The van der Waals surface area contributed by atoms with E-state index in [-0.39, 0.29) is 5.54 Å². The van der Waals surface area contributed by atoms with Crippen molar-refractivity contribution in [2.24, 2.45) is 0 Å². The van der Waals surface area contributed by atoms with Gasteiger partial charge < -0.3 is 10.4 Å². The highest BCUT2D eigenvalue weighted by Crippen LogP contribution is 2.44. The molecule has 0 unspecified atom stereocenters. The van der Waals surface area contributed by atoms with Crippen LogP contribution in [0.1, 0.15) is 37.7 Å². The van der Waals surface area contributed by atoms with Crippen LogP contribution in [-0.2, 0) is 6.42 Å².